The van der Waals surface area contributed by atoms with E-state index in [-0.39, 0.29) is 18.5 Å². The number of hydrogen-bond acceptors (Lipinski definition) is 5. The van der Waals surface area contributed by atoms with E-state index < -0.39 is 12.1 Å². The molecule has 0 aliphatic carbocycles. The van der Waals surface area contributed by atoms with E-state index in [9.17, 15) is 19.8 Å². The van der Waals surface area contributed by atoms with Gasteiger partial charge in [0.1, 0.15) is 0 Å². The highest BCUT2D eigenvalue weighted by molar-refractivity contribution is 5.76. The predicted molar refractivity (Wildman–Crippen MR) is 278 cm³/mol. The standard InChI is InChI=1S/C58H115NO5/c1-3-5-7-9-11-13-14-15-25-29-32-36-40-44-48-52-58(63)64-53-49-45-41-37-33-30-27-24-22-20-18-16-17-19-21-23-26-28-31-35-39-43-47-51-57(62)59-55(54-60)56(61)50-46-42-38-34-12-10-8-6-4-2/h55-56,60-61H,3-54H2,1-2H3,(H,59,62). The lowest BCUT2D eigenvalue weighted by Crippen LogP contribution is -2.45. The van der Waals surface area contributed by atoms with Crippen LogP contribution in [-0.2, 0) is 14.3 Å². The van der Waals surface area contributed by atoms with Crippen molar-refractivity contribution in [3.05, 3.63) is 0 Å². The Morgan fingerprint density at radius 1 is 0.375 bits per heavy atom. The molecule has 0 fully saturated rings. The second-order valence-electron chi connectivity index (χ2n) is 20.3. The van der Waals surface area contributed by atoms with Crippen molar-refractivity contribution >= 4 is 11.9 Å². The van der Waals surface area contributed by atoms with E-state index in [4.69, 9.17) is 4.74 Å². The van der Waals surface area contributed by atoms with Gasteiger partial charge in [-0.2, -0.15) is 0 Å². The van der Waals surface area contributed by atoms with E-state index in [0.29, 0.717) is 25.9 Å². The largest absolute Gasteiger partial charge is 0.466 e. The third-order valence-corrected chi connectivity index (χ3v) is 13.9. The Bertz CT molecular complexity index is 913. The summed E-state index contributed by atoms with van der Waals surface area (Å²) < 4.78 is 5.49. The van der Waals surface area contributed by atoms with E-state index in [2.05, 4.69) is 19.2 Å². The molecule has 0 saturated carbocycles. The van der Waals surface area contributed by atoms with Crippen LogP contribution in [0.1, 0.15) is 335 Å². The van der Waals surface area contributed by atoms with Crippen molar-refractivity contribution in [3.63, 3.8) is 0 Å². The van der Waals surface area contributed by atoms with E-state index in [1.54, 1.807) is 0 Å². The molecule has 2 unspecified atom stereocenters. The SMILES string of the molecule is CCCCCCCCCCCCCCCCCC(=O)OCCCCCCCCCCCCCCCCCCCCCCCCCC(=O)NC(CO)C(O)CCCCCCCCCCC. The minimum atomic E-state index is -0.660. The zero-order chi connectivity index (χ0) is 46.5. The van der Waals surface area contributed by atoms with Crippen LogP contribution in [0.2, 0.25) is 0 Å². The molecule has 0 heterocycles. The molecule has 0 aliphatic heterocycles. The second-order valence-corrected chi connectivity index (χ2v) is 20.3. The number of ether oxygens (including phenoxy) is 1. The summed E-state index contributed by atoms with van der Waals surface area (Å²) in [5, 5.41) is 23.1. The number of nitrogens with one attached hydrogen (secondary N) is 1. The third-order valence-electron chi connectivity index (χ3n) is 13.9. The summed E-state index contributed by atoms with van der Waals surface area (Å²) in [5.74, 6) is -0.0173. The van der Waals surface area contributed by atoms with Gasteiger partial charge in [-0.05, 0) is 25.7 Å². The van der Waals surface area contributed by atoms with Gasteiger partial charge in [0.15, 0.2) is 0 Å². The normalized spacial score (nSPS) is 12.5. The molecule has 0 saturated heterocycles. The maximum Gasteiger partial charge on any atom is 0.305 e. The zero-order valence-electron chi connectivity index (χ0n) is 43.5. The van der Waals surface area contributed by atoms with Crippen molar-refractivity contribution in [2.24, 2.45) is 0 Å². The number of aliphatic hydroxyl groups excluding tert-OH is 2. The van der Waals surface area contributed by atoms with Crippen LogP contribution in [-0.4, -0.2) is 47.4 Å². The van der Waals surface area contributed by atoms with E-state index in [0.717, 1.165) is 38.5 Å². The van der Waals surface area contributed by atoms with Gasteiger partial charge in [-0.3, -0.25) is 9.59 Å². The van der Waals surface area contributed by atoms with Crippen molar-refractivity contribution in [1.29, 1.82) is 0 Å². The van der Waals surface area contributed by atoms with Crippen molar-refractivity contribution in [2.75, 3.05) is 13.2 Å². The molecule has 0 radical (unpaired) electrons. The Balaban J connectivity index is 3.31. The van der Waals surface area contributed by atoms with Gasteiger partial charge in [0.25, 0.3) is 0 Å². The van der Waals surface area contributed by atoms with Crippen LogP contribution in [0.15, 0.2) is 0 Å². The van der Waals surface area contributed by atoms with Crippen molar-refractivity contribution in [1.82, 2.24) is 5.32 Å². The molecule has 2 atom stereocenters. The molecular weight excluding hydrogens is 791 g/mol. The van der Waals surface area contributed by atoms with Crippen molar-refractivity contribution < 1.29 is 24.5 Å². The highest BCUT2D eigenvalue weighted by Crippen LogP contribution is 2.18. The number of carbonyl (C=O) groups is 2. The molecule has 6 nitrogen and oxygen atoms in total. The quantitative estimate of drug-likeness (QED) is 0.0417. The zero-order valence-corrected chi connectivity index (χ0v) is 43.5. The summed E-state index contributed by atoms with van der Waals surface area (Å²) in [6, 6.07) is -0.537. The predicted octanol–water partition coefficient (Wildman–Crippen LogP) is 17.9. The van der Waals surface area contributed by atoms with E-state index >= 15 is 0 Å². The van der Waals surface area contributed by atoms with Crippen molar-refractivity contribution in [2.45, 2.75) is 347 Å². The summed E-state index contributed by atoms with van der Waals surface area (Å²) in [6.45, 7) is 4.96. The molecule has 0 aromatic rings. The first-order chi connectivity index (χ1) is 31.5. The lowest BCUT2D eigenvalue weighted by Gasteiger charge is -2.22. The number of carbonyl (C=O) groups excluding carboxylic acids is 2. The highest BCUT2D eigenvalue weighted by Gasteiger charge is 2.20. The van der Waals surface area contributed by atoms with Gasteiger partial charge in [0.2, 0.25) is 5.91 Å². The molecule has 0 aromatic heterocycles. The van der Waals surface area contributed by atoms with Gasteiger partial charge in [-0.25, -0.2) is 0 Å². The lowest BCUT2D eigenvalue weighted by molar-refractivity contribution is -0.143. The molecule has 0 aliphatic rings. The van der Waals surface area contributed by atoms with Gasteiger partial charge in [-0.1, -0.05) is 296 Å². The fourth-order valence-electron chi connectivity index (χ4n) is 9.41. The third kappa shape index (κ3) is 50.3. The molecular formula is C58H115NO5. The molecule has 6 heteroatoms. The maximum absolute atomic E-state index is 12.4. The number of hydrogen-bond donors (Lipinski definition) is 3. The first kappa shape index (κ1) is 62.9. The minimum absolute atomic E-state index is 0.0179. The first-order valence-electron chi connectivity index (χ1n) is 29.3. The van der Waals surface area contributed by atoms with Gasteiger partial charge >= 0.3 is 5.97 Å². The molecule has 64 heavy (non-hydrogen) atoms. The molecule has 0 rings (SSSR count). The van der Waals surface area contributed by atoms with Crippen LogP contribution < -0.4 is 5.32 Å². The molecule has 0 aromatic carbocycles. The van der Waals surface area contributed by atoms with Crippen LogP contribution in [0, 0.1) is 0 Å². The Kier molecular flexibility index (Phi) is 53.5. The summed E-state index contributed by atoms with van der Waals surface area (Å²) in [4.78, 5) is 24.5. The van der Waals surface area contributed by atoms with Gasteiger partial charge in [0, 0.05) is 12.8 Å². The van der Waals surface area contributed by atoms with Crippen LogP contribution in [0.3, 0.4) is 0 Å². The maximum atomic E-state index is 12.4. The summed E-state index contributed by atoms with van der Waals surface area (Å²) in [7, 11) is 0. The Morgan fingerprint density at radius 3 is 0.953 bits per heavy atom. The molecule has 382 valence electrons. The Labute approximate surface area is 400 Å². The summed E-state index contributed by atoms with van der Waals surface area (Å²) >= 11 is 0. The topological polar surface area (TPSA) is 95.9 Å². The lowest BCUT2D eigenvalue weighted by atomic mass is 10.0. The Morgan fingerprint density at radius 2 is 0.641 bits per heavy atom. The van der Waals surface area contributed by atoms with Crippen LogP contribution in [0.25, 0.3) is 0 Å². The smallest absolute Gasteiger partial charge is 0.305 e. The van der Waals surface area contributed by atoms with Crippen LogP contribution in [0.4, 0.5) is 0 Å². The fraction of sp³-hybridized carbons (Fsp3) is 0.966. The monoisotopic (exact) mass is 906 g/mol. The first-order valence-corrected chi connectivity index (χ1v) is 29.3. The fourth-order valence-corrected chi connectivity index (χ4v) is 9.41. The van der Waals surface area contributed by atoms with Gasteiger partial charge < -0.3 is 20.3 Å². The number of esters is 1. The molecule has 1 amide bonds. The average molecular weight is 907 g/mol. The second kappa shape index (κ2) is 54.5. The highest BCUT2D eigenvalue weighted by atomic mass is 16.5. The van der Waals surface area contributed by atoms with Crippen LogP contribution in [0.5, 0.6) is 0 Å². The number of unbranched alkanes of at least 4 members (excludes halogenated alkanes) is 44. The number of amides is 1. The van der Waals surface area contributed by atoms with E-state index in [1.165, 1.54) is 263 Å². The summed E-state index contributed by atoms with van der Waals surface area (Å²) in [5.41, 5.74) is 0. The number of aliphatic hydroxyl groups is 2. The summed E-state index contributed by atoms with van der Waals surface area (Å²) in [6.07, 6.45) is 62.6. The minimum Gasteiger partial charge on any atom is -0.466 e. The number of rotatable bonds is 55. The average Bonchev–Trinajstić information content (AvgIpc) is 3.29. The van der Waals surface area contributed by atoms with Gasteiger partial charge in [-0.15, -0.1) is 0 Å². The Hall–Kier alpha value is -1.14. The van der Waals surface area contributed by atoms with Gasteiger partial charge in [0.05, 0.1) is 25.4 Å². The molecule has 0 bridgehead atoms. The molecule has 0 spiro atoms. The van der Waals surface area contributed by atoms with Crippen molar-refractivity contribution in [3.8, 4) is 0 Å². The molecule has 3 N–H and O–H groups in total. The van der Waals surface area contributed by atoms with E-state index in [1.807, 2.05) is 0 Å². The van der Waals surface area contributed by atoms with Crippen LogP contribution >= 0.6 is 0 Å².